The normalized spacial score (nSPS) is 22.0. The SMILES string of the molecule is C#CC.C=O.CC.CNC(=O)C(C)(C)c1ccc(O[C@@H]2CC[C@@H](CC(=O)[C@@]3(F)CNC4(CCC4)C3)C2)c(-c2cccc(F)c2C(C)C)c1. The molecule has 0 bridgehead atoms. The van der Waals surface area contributed by atoms with Crippen molar-refractivity contribution in [3.05, 3.63) is 53.3 Å². The molecular formula is C40H56F2N2O4. The molecule has 264 valence electrons. The Morgan fingerprint density at radius 1 is 1.15 bits per heavy atom. The minimum Gasteiger partial charge on any atom is -0.490 e. The van der Waals surface area contributed by atoms with E-state index in [1.165, 1.54) is 6.07 Å². The van der Waals surface area contributed by atoms with E-state index >= 15 is 8.78 Å². The van der Waals surface area contributed by atoms with E-state index in [9.17, 15) is 9.59 Å². The number of rotatable bonds is 9. The number of alkyl halides is 1. The molecule has 1 heterocycles. The first kappa shape index (κ1) is 40.6. The van der Waals surface area contributed by atoms with Crippen LogP contribution < -0.4 is 15.4 Å². The van der Waals surface area contributed by atoms with E-state index in [4.69, 9.17) is 9.53 Å². The van der Waals surface area contributed by atoms with Gasteiger partial charge in [0, 0.05) is 37.5 Å². The number of carbonyl (C=O) groups excluding carboxylic acids is 3. The third kappa shape index (κ3) is 9.11. The summed E-state index contributed by atoms with van der Waals surface area (Å²) >= 11 is 0. The van der Waals surface area contributed by atoms with Crippen molar-refractivity contribution < 1.29 is 27.9 Å². The van der Waals surface area contributed by atoms with E-state index in [2.05, 4.69) is 23.0 Å². The van der Waals surface area contributed by atoms with Gasteiger partial charge in [-0.1, -0.05) is 45.9 Å². The topological polar surface area (TPSA) is 84.5 Å². The van der Waals surface area contributed by atoms with Crippen molar-refractivity contribution in [1.29, 1.82) is 0 Å². The van der Waals surface area contributed by atoms with Gasteiger partial charge in [0.1, 0.15) is 18.4 Å². The molecule has 0 aromatic heterocycles. The third-order valence-corrected chi connectivity index (χ3v) is 9.85. The molecule has 48 heavy (non-hydrogen) atoms. The summed E-state index contributed by atoms with van der Waals surface area (Å²) in [6.45, 7) is 15.4. The summed E-state index contributed by atoms with van der Waals surface area (Å²) in [5, 5.41) is 6.04. The van der Waals surface area contributed by atoms with Crippen LogP contribution in [-0.4, -0.2) is 49.4 Å². The van der Waals surface area contributed by atoms with Crippen LogP contribution in [-0.2, 0) is 19.8 Å². The Labute approximate surface area is 287 Å². The number of Topliss-reactive ketones (excluding diaryl/α,β-unsaturated/α-hetero) is 1. The molecular weight excluding hydrogens is 610 g/mol. The number of terminal acetylenes is 1. The first-order valence-electron chi connectivity index (χ1n) is 17.2. The second-order valence-electron chi connectivity index (χ2n) is 13.7. The maximum atomic E-state index is 15.6. The number of benzene rings is 2. The highest BCUT2D eigenvalue weighted by Crippen LogP contribution is 2.46. The Balaban J connectivity index is 0.00000106. The van der Waals surface area contributed by atoms with Gasteiger partial charge in [-0.05, 0) is 106 Å². The highest BCUT2D eigenvalue weighted by atomic mass is 19.1. The van der Waals surface area contributed by atoms with E-state index in [-0.39, 0.29) is 54.0 Å². The Bertz CT molecular complexity index is 1430. The average Bonchev–Trinajstić information content (AvgIpc) is 3.67. The van der Waals surface area contributed by atoms with Crippen LogP contribution in [0.3, 0.4) is 0 Å². The van der Waals surface area contributed by atoms with Crippen LogP contribution in [0.5, 0.6) is 5.75 Å². The number of carbonyl (C=O) groups is 3. The minimum absolute atomic E-state index is 0.0614. The molecule has 3 aliphatic rings. The number of amides is 1. The number of nitrogens with one attached hydrogen (secondary N) is 2. The molecule has 3 fully saturated rings. The standard InChI is InChI=1S/C34H44F2N2O3.C3H4.C2H6.CH2O/c1-21(2)30-25(8-6-9-27(30)35)26-18-23(32(3,4)31(40)37-5)11-13-28(26)41-24-12-10-22(16-24)17-29(39)34(36)19-33(38-20-34)14-7-15-33;1-3-2;2*1-2/h6,8-9,11,13,18,21-22,24,38H,7,10,12,14-17,19-20H2,1-5H3,(H,37,40);1H,2H3;1-2H3;1H2/t22-,24-,34+;;;/m1.../s1. The van der Waals surface area contributed by atoms with Crippen LogP contribution in [0.25, 0.3) is 11.1 Å². The van der Waals surface area contributed by atoms with Crippen LogP contribution in [0.4, 0.5) is 8.78 Å². The van der Waals surface area contributed by atoms with Crippen LogP contribution in [0.1, 0.15) is 117 Å². The van der Waals surface area contributed by atoms with Gasteiger partial charge >= 0.3 is 0 Å². The molecule has 1 saturated heterocycles. The highest BCUT2D eigenvalue weighted by Gasteiger charge is 2.55. The Hall–Kier alpha value is -3.57. The lowest BCUT2D eigenvalue weighted by molar-refractivity contribution is -0.131. The van der Waals surface area contributed by atoms with E-state index in [1.807, 2.05) is 72.6 Å². The molecule has 2 N–H and O–H groups in total. The molecule has 1 spiro atoms. The molecule has 0 unspecified atom stereocenters. The van der Waals surface area contributed by atoms with Crippen molar-refractivity contribution in [3.63, 3.8) is 0 Å². The van der Waals surface area contributed by atoms with E-state index in [0.717, 1.165) is 48.8 Å². The van der Waals surface area contributed by atoms with E-state index in [1.54, 1.807) is 20.0 Å². The summed E-state index contributed by atoms with van der Waals surface area (Å²) in [5.74, 6) is 2.23. The van der Waals surface area contributed by atoms with Crippen molar-refractivity contribution in [1.82, 2.24) is 10.6 Å². The van der Waals surface area contributed by atoms with Gasteiger partial charge in [0.25, 0.3) is 0 Å². The minimum atomic E-state index is -1.76. The Morgan fingerprint density at radius 2 is 1.79 bits per heavy atom. The zero-order valence-electron chi connectivity index (χ0n) is 30.2. The highest BCUT2D eigenvalue weighted by molar-refractivity contribution is 5.89. The van der Waals surface area contributed by atoms with Crippen molar-refractivity contribution >= 4 is 18.5 Å². The predicted octanol–water partition coefficient (Wildman–Crippen LogP) is 8.25. The van der Waals surface area contributed by atoms with Gasteiger partial charge in [0.2, 0.25) is 5.91 Å². The number of ether oxygens (including phenoxy) is 1. The lowest BCUT2D eigenvalue weighted by atomic mass is 9.73. The molecule has 6 nitrogen and oxygen atoms in total. The molecule has 2 aromatic rings. The molecule has 2 saturated carbocycles. The molecule has 1 aliphatic heterocycles. The lowest BCUT2D eigenvalue weighted by Gasteiger charge is -2.38. The summed E-state index contributed by atoms with van der Waals surface area (Å²) in [4.78, 5) is 33.8. The fourth-order valence-corrected chi connectivity index (χ4v) is 7.12. The molecule has 5 rings (SSSR count). The first-order chi connectivity index (χ1) is 22.8. The van der Waals surface area contributed by atoms with Gasteiger partial charge in [-0.3, -0.25) is 9.59 Å². The first-order valence-corrected chi connectivity index (χ1v) is 17.2. The van der Waals surface area contributed by atoms with Gasteiger partial charge in [0.15, 0.2) is 11.5 Å². The summed E-state index contributed by atoms with van der Waals surface area (Å²) in [6.07, 6.45) is 10.3. The fraction of sp³-hybridized carbons (Fsp3) is 0.575. The van der Waals surface area contributed by atoms with Gasteiger partial charge in [-0.2, -0.15) is 0 Å². The Morgan fingerprint density at radius 3 is 2.33 bits per heavy atom. The van der Waals surface area contributed by atoms with Crippen molar-refractivity contribution in [2.45, 2.75) is 128 Å². The smallest absolute Gasteiger partial charge is 0.229 e. The maximum absolute atomic E-state index is 15.6. The van der Waals surface area contributed by atoms with Gasteiger partial charge in [0.05, 0.1) is 11.5 Å². The molecule has 1 amide bonds. The second kappa shape index (κ2) is 17.7. The van der Waals surface area contributed by atoms with Crippen molar-refractivity contribution in [2.24, 2.45) is 5.92 Å². The van der Waals surface area contributed by atoms with Crippen LogP contribution in [0.2, 0.25) is 0 Å². The zero-order valence-corrected chi connectivity index (χ0v) is 30.2. The summed E-state index contributed by atoms with van der Waals surface area (Å²) in [7, 11) is 1.62. The number of halogens is 2. The summed E-state index contributed by atoms with van der Waals surface area (Å²) < 4.78 is 37.3. The Kier molecular flexibility index (Phi) is 15.0. The third-order valence-electron chi connectivity index (χ3n) is 9.85. The maximum Gasteiger partial charge on any atom is 0.229 e. The van der Waals surface area contributed by atoms with Gasteiger partial charge in [-0.15, -0.1) is 12.3 Å². The van der Waals surface area contributed by atoms with Gasteiger partial charge < -0.3 is 20.2 Å². The van der Waals surface area contributed by atoms with Crippen LogP contribution in [0, 0.1) is 24.1 Å². The van der Waals surface area contributed by atoms with Crippen LogP contribution in [0.15, 0.2) is 36.4 Å². The summed E-state index contributed by atoms with van der Waals surface area (Å²) in [6, 6.07) is 10.8. The predicted molar refractivity (Wildman–Crippen MR) is 190 cm³/mol. The van der Waals surface area contributed by atoms with Gasteiger partial charge in [-0.25, -0.2) is 8.78 Å². The summed E-state index contributed by atoms with van der Waals surface area (Å²) in [5.41, 5.74) is 0.166. The second-order valence-corrected chi connectivity index (χ2v) is 13.7. The number of hydrogen-bond donors (Lipinski definition) is 2. The molecule has 3 atom stereocenters. The lowest BCUT2D eigenvalue weighted by Crippen LogP contribution is -2.46. The largest absolute Gasteiger partial charge is 0.490 e. The van der Waals surface area contributed by atoms with Crippen LogP contribution >= 0.6 is 0 Å². The number of hydrogen-bond acceptors (Lipinski definition) is 5. The van der Waals surface area contributed by atoms with Crippen molar-refractivity contribution in [3.8, 4) is 29.2 Å². The molecule has 0 radical (unpaired) electrons. The quantitative estimate of drug-likeness (QED) is 0.264. The monoisotopic (exact) mass is 666 g/mol. The van der Waals surface area contributed by atoms with Crippen molar-refractivity contribution in [2.75, 3.05) is 13.6 Å². The average molecular weight is 667 g/mol. The number of ketones is 1. The fourth-order valence-electron chi connectivity index (χ4n) is 7.12. The molecule has 8 heteroatoms. The van der Waals surface area contributed by atoms with E-state index in [0.29, 0.717) is 24.2 Å². The number of likely N-dealkylation sites (N-methyl/N-ethyl adjacent to an activating group) is 1. The van der Waals surface area contributed by atoms with E-state index < -0.39 is 11.1 Å². The zero-order chi connectivity index (χ0) is 36.3. The molecule has 2 aromatic carbocycles. The molecule has 2 aliphatic carbocycles.